The van der Waals surface area contributed by atoms with Crippen LogP contribution in [0.2, 0.25) is 5.02 Å². The van der Waals surface area contributed by atoms with E-state index >= 15 is 0 Å². The molecule has 0 radical (unpaired) electrons. The van der Waals surface area contributed by atoms with Gasteiger partial charge in [0.25, 0.3) is 0 Å². The Morgan fingerprint density at radius 3 is 2.50 bits per heavy atom. The van der Waals surface area contributed by atoms with Crippen molar-refractivity contribution in [2.75, 3.05) is 0 Å². The number of rotatable bonds is 1. The molecule has 0 saturated carbocycles. The first-order chi connectivity index (χ1) is 9.15. The molecular weight excluding hydrogens is 291 g/mol. The van der Waals surface area contributed by atoms with E-state index in [9.17, 15) is 13.2 Å². The van der Waals surface area contributed by atoms with Crippen molar-refractivity contribution in [2.24, 2.45) is 0 Å². The molecule has 0 spiro atoms. The van der Waals surface area contributed by atoms with Crippen LogP contribution in [0, 0.1) is 11.3 Å². The smallest absolute Gasteiger partial charge is 0.429 e. The third kappa shape index (κ3) is 2.61. The van der Waals surface area contributed by atoms with Crippen molar-refractivity contribution in [2.45, 2.75) is 31.5 Å². The van der Waals surface area contributed by atoms with Crippen LogP contribution >= 0.6 is 11.6 Å². The molecule has 0 bridgehead atoms. The lowest BCUT2D eigenvalue weighted by Crippen LogP contribution is -2.34. The van der Waals surface area contributed by atoms with E-state index in [0.29, 0.717) is 16.1 Å². The zero-order chi connectivity index (χ0) is 15.1. The number of nitrogens with zero attached hydrogens (tertiary/aromatic N) is 1. The second-order valence-corrected chi connectivity index (χ2v) is 5.45. The van der Waals surface area contributed by atoms with Gasteiger partial charge in [-0.1, -0.05) is 17.7 Å². The molecule has 6 heteroatoms. The van der Waals surface area contributed by atoms with Gasteiger partial charge in [0.2, 0.25) is 6.10 Å². The average molecular weight is 302 g/mol. The van der Waals surface area contributed by atoms with E-state index in [-0.39, 0.29) is 5.75 Å². The summed E-state index contributed by atoms with van der Waals surface area (Å²) in [6.45, 7) is 3.28. The largest absolute Gasteiger partial charge is 0.476 e. The molecule has 1 aliphatic rings. The first-order valence-electron chi connectivity index (χ1n) is 5.82. The van der Waals surface area contributed by atoms with Gasteiger partial charge >= 0.3 is 6.18 Å². The van der Waals surface area contributed by atoms with E-state index in [1.54, 1.807) is 13.8 Å². The van der Waals surface area contributed by atoms with Gasteiger partial charge in [0.15, 0.2) is 0 Å². The van der Waals surface area contributed by atoms with Crippen LogP contribution in [0.1, 0.15) is 25.0 Å². The van der Waals surface area contributed by atoms with Crippen LogP contribution in [0.25, 0.3) is 6.08 Å². The number of fused-ring (bicyclic) bond motifs is 1. The van der Waals surface area contributed by atoms with Crippen LogP contribution in [-0.4, -0.2) is 12.3 Å². The minimum Gasteiger partial charge on any atom is -0.476 e. The van der Waals surface area contributed by atoms with Gasteiger partial charge < -0.3 is 4.74 Å². The minimum absolute atomic E-state index is 0.0811. The Morgan fingerprint density at radius 1 is 1.30 bits per heavy atom. The third-order valence-electron chi connectivity index (χ3n) is 3.08. The summed E-state index contributed by atoms with van der Waals surface area (Å²) >= 11 is 6.09. The van der Waals surface area contributed by atoms with Crippen molar-refractivity contribution in [3.8, 4) is 11.8 Å². The van der Waals surface area contributed by atoms with Gasteiger partial charge in [0.05, 0.1) is 11.5 Å². The molecule has 1 unspecified atom stereocenters. The SMILES string of the molecule is CC(C)(C#N)c1cc2c(cc1Cl)C=CC(C(F)(F)F)O2. The van der Waals surface area contributed by atoms with Crippen LogP contribution in [-0.2, 0) is 5.41 Å². The predicted molar refractivity (Wildman–Crippen MR) is 69.6 cm³/mol. The summed E-state index contributed by atoms with van der Waals surface area (Å²) in [7, 11) is 0. The Morgan fingerprint density at radius 2 is 1.95 bits per heavy atom. The summed E-state index contributed by atoms with van der Waals surface area (Å²) < 4.78 is 42.9. The summed E-state index contributed by atoms with van der Waals surface area (Å²) in [5, 5.41) is 9.44. The molecule has 1 aromatic carbocycles. The predicted octanol–water partition coefficient (Wildman–Crippen LogP) is 4.48. The van der Waals surface area contributed by atoms with E-state index in [0.717, 1.165) is 6.08 Å². The zero-order valence-electron chi connectivity index (χ0n) is 10.8. The highest BCUT2D eigenvalue weighted by molar-refractivity contribution is 6.31. The summed E-state index contributed by atoms with van der Waals surface area (Å²) in [5.74, 6) is 0.0811. The Balaban J connectivity index is 2.48. The van der Waals surface area contributed by atoms with Crippen molar-refractivity contribution in [3.63, 3.8) is 0 Å². The number of ether oxygens (including phenoxy) is 1. The Labute approximate surface area is 119 Å². The van der Waals surface area contributed by atoms with Gasteiger partial charge in [-0.25, -0.2) is 0 Å². The van der Waals surface area contributed by atoms with Crippen LogP contribution in [0.4, 0.5) is 13.2 Å². The molecule has 1 atom stereocenters. The number of benzene rings is 1. The standard InChI is InChI=1S/C14H11ClF3NO/c1-13(2,7-19)9-6-11-8(5-10(9)15)3-4-12(20-11)14(16,17)18/h3-6,12H,1-2H3. The fourth-order valence-electron chi connectivity index (χ4n) is 1.88. The zero-order valence-corrected chi connectivity index (χ0v) is 11.5. The lowest BCUT2D eigenvalue weighted by Gasteiger charge is -2.26. The van der Waals surface area contributed by atoms with Crippen molar-refractivity contribution >= 4 is 17.7 Å². The molecule has 0 N–H and O–H groups in total. The van der Waals surface area contributed by atoms with Gasteiger partial charge in [0.1, 0.15) is 5.75 Å². The monoisotopic (exact) mass is 301 g/mol. The van der Waals surface area contributed by atoms with Crippen molar-refractivity contribution in [1.29, 1.82) is 5.26 Å². The second kappa shape index (κ2) is 4.71. The molecule has 2 rings (SSSR count). The first-order valence-corrected chi connectivity index (χ1v) is 6.20. The van der Waals surface area contributed by atoms with Gasteiger partial charge in [0, 0.05) is 10.6 Å². The average Bonchev–Trinajstić information content (AvgIpc) is 2.36. The summed E-state index contributed by atoms with van der Waals surface area (Å²) in [4.78, 5) is 0. The van der Waals surface area contributed by atoms with E-state index in [1.807, 2.05) is 0 Å². The Hall–Kier alpha value is -1.67. The van der Waals surface area contributed by atoms with Crippen molar-refractivity contribution in [3.05, 3.63) is 34.4 Å². The maximum absolute atomic E-state index is 12.7. The van der Waals surface area contributed by atoms with Gasteiger partial charge in [-0.3, -0.25) is 0 Å². The minimum atomic E-state index is -4.47. The number of halogens is 4. The summed E-state index contributed by atoms with van der Waals surface area (Å²) in [6, 6.07) is 4.98. The quantitative estimate of drug-likeness (QED) is 0.766. The molecule has 0 saturated heterocycles. The first kappa shape index (κ1) is 14.7. The number of hydrogen-bond donors (Lipinski definition) is 0. The molecule has 0 fully saturated rings. The molecule has 1 aliphatic heterocycles. The molecule has 0 aliphatic carbocycles. The Kier molecular flexibility index (Phi) is 3.47. The summed E-state index contributed by atoms with van der Waals surface area (Å²) in [5.41, 5.74) is -0.00527. The van der Waals surface area contributed by atoms with Crippen molar-refractivity contribution < 1.29 is 17.9 Å². The van der Waals surface area contributed by atoms with Crippen LogP contribution in [0.3, 0.4) is 0 Å². The van der Waals surface area contributed by atoms with Crippen LogP contribution in [0.15, 0.2) is 18.2 Å². The highest BCUT2D eigenvalue weighted by atomic mass is 35.5. The summed E-state index contributed by atoms with van der Waals surface area (Å²) in [6.07, 6.45) is -4.19. The van der Waals surface area contributed by atoms with E-state index < -0.39 is 17.7 Å². The molecule has 106 valence electrons. The topological polar surface area (TPSA) is 33.0 Å². The lowest BCUT2D eigenvalue weighted by atomic mass is 9.85. The fraction of sp³-hybridized carbons (Fsp3) is 0.357. The maximum Gasteiger partial charge on any atom is 0.429 e. The van der Waals surface area contributed by atoms with E-state index in [1.165, 1.54) is 18.2 Å². The normalized spacial score (nSPS) is 18.1. The number of alkyl halides is 3. The van der Waals surface area contributed by atoms with E-state index in [2.05, 4.69) is 6.07 Å². The van der Waals surface area contributed by atoms with E-state index in [4.69, 9.17) is 21.6 Å². The number of hydrogen-bond acceptors (Lipinski definition) is 2. The fourth-order valence-corrected chi connectivity index (χ4v) is 2.29. The second-order valence-electron chi connectivity index (χ2n) is 5.05. The molecular formula is C14H11ClF3NO. The highest BCUT2D eigenvalue weighted by Gasteiger charge is 2.41. The molecule has 0 amide bonds. The highest BCUT2D eigenvalue weighted by Crippen LogP contribution is 2.39. The lowest BCUT2D eigenvalue weighted by molar-refractivity contribution is -0.180. The van der Waals surface area contributed by atoms with Crippen LogP contribution in [0.5, 0.6) is 5.75 Å². The number of nitriles is 1. The van der Waals surface area contributed by atoms with Crippen molar-refractivity contribution in [1.82, 2.24) is 0 Å². The molecule has 2 nitrogen and oxygen atoms in total. The molecule has 1 heterocycles. The molecule has 0 aromatic heterocycles. The molecule has 20 heavy (non-hydrogen) atoms. The van der Waals surface area contributed by atoms with Gasteiger partial charge in [-0.2, -0.15) is 18.4 Å². The van der Waals surface area contributed by atoms with Gasteiger partial charge in [-0.05, 0) is 37.6 Å². The molecule has 1 aromatic rings. The van der Waals surface area contributed by atoms with Crippen LogP contribution < -0.4 is 4.74 Å². The third-order valence-corrected chi connectivity index (χ3v) is 3.39. The van der Waals surface area contributed by atoms with Gasteiger partial charge in [-0.15, -0.1) is 0 Å². The Bertz CT molecular complexity index is 614. The maximum atomic E-state index is 12.7.